The van der Waals surface area contributed by atoms with Gasteiger partial charge in [-0.2, -0.15) is 0 Å². The fourth-order valence-corrected chi connectivity index (χ4v) is 2.14. The van der Waals surface area contributed by atoms with Crippen molar-refractivity contribution in [2.45, 2.75) is 13.0 Å². The summed E-state index contributed by atoms with van der Waals surface area (Å²) < 4.78 is 24.3. The number of benzene rings is 2. The smallest absolute Gasteiger partial charge is 0.124 e. The standard InChI is InChI=1S/C16H18FNO2/c1-3-20-15-7-5-4-6-12(15)16(18)13-10-11(17)8-9-14(13)19-2/h4-10,16H,3,18H2,1-2H3. The molecule has 1 atom stereocenters. The normalized spacial score (nSPS) is 12.0. The Morgan fingerprint density at radius 2 is 1.85 bits per heavy atom. The Morgan fingerprint density at radius 1 is 1.10 bits per heavy atom. The van der Waals surface area contributed by atoms with Gasteiger partial charge in [-0.3, -0.25) is 0 Å². The maximum absolute atomic E-state index is 13.5. The SMILES string of the molecule is CCOc1ccccc1C(N)c1cc(F)ccc1OC. The third-order valence-corrected chi connectivity index (χ3v) is 3.08. The molecule has 0 aliphatic rings. The molecule has 2 rings (SSSR count). The highest BCUT2D eigenvalue weighted by Crippen LogP contribution is 2.33. The van der Waals surface area contributed by atoms with Gasteiger partial charge < -0.3 is 15.2 Å². The Balaban J connectivity index is 2.45. The van der Waals surface area contributed by atoms with Crippen LogP contribution in [0.3, 0.4) is 0 Å². The summed E-state index contributed by atoms with van der Waals surface area (Å²) >= 11 is 0. The third kappa shape index (κ3) is 2.91. The number of rotatable bonds is 5. The van der Waals surface area contributed by atoms with Gasteiger partial charge in [-0.1, -0.05) is 18.2 Å². The Hall–Kier alpha value is -2.07. The molecule has 4 heteroatoms. The first-order chi connectivity index (χ1) is 9.67. The maximum Gasteiger partial charge on any atom is 0.124 e. The highest BCUT2D eigenvalue weighted by atomic mass is 19.1. The van der Waals surface area contributed by atoms with Gasteiger partial charge >= 0.3 is 0 Å². The summed E-state index contributed by atoms with van der Waals surface area (Å²) in [6.07, 6.45) is 0. The average molecular weight is 275 g/mol. The van der Waals surface area contributed by atoms with Gasteiger partial charge in [0.15, 0.2) is 0 Å². The molecule has 0 saturated heterocycles. The van der Waals surface area contributed by atoms with E-state index in [4.69, 9.17) is 15.2 Å². The molecule has 3 nitrogen and oxygen atoms in total. The molecule has 0 aliphatic heterocycles. The van der Waals surface area contributed by atoms with Gasteiger partial charge in [0.25, 0.3) is 0 Å². The highest BCUT2D eigenvalue weighted by molar-refractivity contribution is 5.46. The summed E-state index contributed by atoms with van der Waals surface area (Å²) in [6.45, 7) is 2.45. The summed E-state index contributed by atoms with van der Waals surface area (Å²) in [5.74, 6) is 0.921. The summed E-state index contributed by atoms with van der Waals surface area (Å²) in [4.78, 5) is 0. The van der Waals surface area contributed by atoms with Crippen molar-refractivity contribution in [1.29, 1.82) is 0 Å². The molecular formula is C16H18FNO2. The van der Waals surface area contributed by atoms with Crippen LogP contribution in [-0.4, -0.2) is 13.7 Å². The molecule has 0 saturated carbocycles. The molecule has 0 aromatic heterocycles. The first-order valence-electron chi connectivity index (χ1n) is 6.48. The van der Waals surface area contributed by atoms with E-state index in [2.05, 4.69) is 0 Å². The molecule has 0 amide bonds. The Morgan fingerprint density at radius 3 is 2.55 bits per heavy atom. The molecule has 106 valence electrons. The molecule has 1 unspecified atom stereocenters. The van der Waals surface area contributed by atoms with Crippen molar-refractivity contribution in [3.8, 4) is 11.5 Å². The number of hydrogen-bond acceptors (Lipinski definition) is 3. The van der Waals surface area contributed by atoms with Crippen molar-refractivity contribution in [2.24, 2.45) is 5.73 Å². The predicted octanol–water partition coefficient (Wildman–Crippen LogP) is 3.28. The number of para-hydroxylation sites is 1. The van der Waals surface area contributed by atoms with Crippen LogP contribution in [0.5, 0.6) is 11.5 Å². The van der Waals surface area contributed by atoms with Gasteiger partial charge in [-0.15, -0.1) is 0 Å². The second kappa shape index (κ2) is 6.39. The Bertz CT molecular complexity index is 586. The summed E-state index contributed by atoms with van der Waals surface area (Å²) in [6, 6.07) is 11.3. The predicted molar refractivity (Wildman–Crippen MR) is 76.6 cm³/mol. The number of nitrogens with two attached hydrogens (primary N) is 1. The summed E-state index contributed by atoms with van der Waals surface area (Å²) in [5, 5.41) is 0. The van der Waals surface area contributed by atoms with Crippen LogP contribution in [0.1, 0.15) is 24.1 Å². The van der Waals surface area contributed by atoms with Crippen LogP contribution in [0.25, 0.3) is 0 Å². The first kappa shape index (κ1) is 14.3. The van der Waals surface area contributed by atoms with Crippen molar-refractivity contribution < 1.29 is 13.9 Å². The van der Waals surface area contributed by atoms with E-state index >= 15 is 0 Å². The number of hydrogen-bond donors (Lipinski definition) is 1. The third-order valence-electron chi connectivity index (χ3n) is 3.08. The zero-order valence-electron chi connectivity index (χ0n) is 11.6. The fourth-order valence-electron chi connectivity index (χ4n) is 2.14. The minimum Gasteiger partial charge on any atom is -0.496 e. The Kier molecular flexibility index (Phi) is 4.58. The van der Waals surface area contributed by atoms with Gasteiger partial charge in [0, 0.05) is 11.1 Å². The molecule has 20 heavy (non-hydrogen) atoms. The lowest BCUT2D eigenvalue weighted by Gasteiger charge is -2.19. The molecule has 0 fully saturated rings. The van der Waals surface area contributed by atoms with E-state index in [1.165, 1.54) is 19.2 Å². The zero-order valence-corrected chi connectivity index (χ0v) is 11.6. The van der Waals surface area contributed by atoms with Crippen LogP contribution in [0.4, 0.5) is 4.39 Å². The topological polar surface area (TPSA) is 44.5 Å². The lowest BCUT2D eigenvalue weighted by molar-refractivity contribution is 0.335. The quantitative estimate of drug-likeness (QED) is 0.910. The highest BCUT2D eigenvalue weighted by Gasteiger charge is 2.18. The van der Waals surface area contributed by atoms with Crippen molar-refractivity contribution in [3.05, 3.63) is 59.4 Å². The van der Waals surface area contributed by atoms with E-state index in [1.807, 2.05) is 31.2 Å². The van der Waals surface area contributed by atoms with E-state index in [1.54, 1.807) is 6.07 Å². The summed E-state index contributed by atoms with van der Waals surface area (Å²) in [5.41, 5.74) is 7.67. The molecular weight excluding hydrogens is 257 g/mol. The van der Waals surface area contributed by atoms with Crippen LogP contribution >= 0.6 is 0 Å². The molecule has 0 heterocycles. The van der Waals surface area contributed by atoms with Crippen LogP contribution in [-0.2, 0) is 0 Å². The zero-order chi connectivity index (χ0) is 14.5. The average Bonchev–Trinajstić information content (AvgIpc) is 2.47. The minimum absolute atomic E-state index is 0.342. The van der Waals surface area contributed by atoms with Crippen molar-refractivity contribution in [3.63, 3.8) is 0 Å². The van der Waals surface area contributed by atoms with Gasteiger partial charge in [0.2, 0.25) is 0 Å². The van der Waals surface area contributed by atoms with Crippen LogP contribution in [0.2, 0.25) is 0 Å². The van der Waals surface area contributed by atoms with Gasteiger partial charge in [0.1, 0.15) is 17.3 Å². The molecule has 2 aromatic carbocycles. The number of halogens is 1. The van der Waals surface area contributed by atoms with E-state index in [9.17, 15) is 4.39 Å². The van der Waals surface area contributed by atoms with E-state index < -0.39 is 6.04 Å². The van der Waals surface area contributed by atoms with Crippen molar-refractivity contribution >= 4 is 0 Å². The van der Waals surface area contributed by atoms with E-state index in [0.717, 1.165) is 5.56 Å². The van der Waals surface area contributed by atoms with Gasteiger partial charge in [-0.25, -0.2) is 4.39 Å². The van der Waals surface area contributed by atoms with Crippen molar-refractivity contribution in [1.82, 2.24) is 0 Å². The molecule has 0 radical (unpaired) electrons. The Labute approximate surface area is 118 Å². The monoisotopic (exact) mass is 275 g/mol. The summed E-state index contributed by atoms with van der Waals surface area (Å²) in [7, 11) is 1.54. The minimum atomic E-state index is -0.511. The van der Waals surface area contributed by atoms with Crippen LogP contribution in [0.15, 0.2) is 42.5 Å². The number of ether oxygens (including phenoxy) is 2. The molecule has 0 aliphatic carbocycles. The van der Waals surface area contributed by atoms with Crippen molar-refractivity contribution in [2.75, 3.05) is 13.7 Å². The molecule has 2 N–H and O–H groups in total. The van der Waals surface area contributed by atoms with E-state index in [0.29, 0.717) is 23.7 Å². The molecule has 0 spiro atoms. The molecule has 0 bridgehead atoms. The van der Waals surface area contributed by atoms with Gasteiger partial charge in [0.05, 0.1) is 19.8 Å². The lowest BCUT2D eigenvalue weighted by atomic mass is 9.97. The second-order valence-electron chi connectivity index (χ2n) is 4.33. The van der Waals surface area contributed by atoms with Crippen LogP contribution < -0.4 is 15.2 Å². The second-order valence-corrected chi connectivity index (χ2v) is 4.33. The number of methoxy groups -OCH3 is 1. The first-order valence-corrected chi connectivity index (χ1v) is 6.48. The van der Waals surface area contributed by atoms with E-state index in [-0.39, 0.29) is 5.82 Å². The largest absolute Gasteiger partial charge is 0.496 e. The lowest BCUT2D eigenvalue weighted by Crippen LogP contribution is -2.15. The molecule has 2 aromatic rings. The fraction of sp³-hybridized carbons (Fsp3) is 0.250. The van der Waals surface area contributed by atoms with Crippen LogP contribution in [0, 0.1) is 5.82 Å². The maximum atomic E-state index is 13.5. The van der Waals surface area contributed by atoms with Gasteiger partial charge in [-0.05, 0) is 31.2 Å².